The van der Waals surface area contributed by atoms with Crippen molar-refractivity contribution in [3.05, 3.63) is 0 Å². The lowest BCUT2D eigenvalue weighted by molar-refractivity contribution is 0.0328. The molecule has 3 nitrogen and oxygen atoms in total. The van der Waals surface area contributed by atoms with Gasteiger partial charge >= 0.3 is 0 Å². The van der Waals surface area contributed by atoms with Crippen molar-refractivity contribution >= 4 is 0 Å². The summed E-state index contributed by atoms with van der Waals surface area (Å²) in [5.41, 5.74) is 6.45. The van der Waals surface area contributed by atoms with Gasteiger partial charge in [0.05, 0.1) is 0 Å². The standard InChI is InChI=1S/C18H35N3/c1-18(15-19,13-16-5-4-6-16)21-11-7-17(8-12-21)14-20-9-2-3-10-20/h16-17H,2-15,19H2,1H3. The predicted molar refractivity (Wildman–Crippen MR) is 89.4 cm³/mol. The SMILES string of the molecule is CC(CN)(CC1CCC1)N1CCC(CN2CCCC2)CC1. The van der Waals surface area contributed by atoms with E-state index < -0.39 is 0 Å². The van der Waals surface area contributed by atoms with Gasteiger partial charge in [0.25, 0.3) is 0 Å². The van der Waals surface area contributed by atoms with E-state index in [2.05, 4.69) is 16.7 Å². The molecule has 1 atom stereocenters. The molecule has 0 radical (unpaired) electrons. The molecule has 0 aromatic heterocycles. The molecule has 2 saturated heterocycles. The summed E-state index contributed by atoms with van der Waals surface area (Å²) in [5.74, 6) is 1.89. The molecule has 1 unspecified atom stereocenters. The molecule has 2 heterocycles. The summed E-state index contributed by atoms with van der Waals surface area (Å²) in [6, 6.07) is 0. The Morgan fingerprint density at radius 2 is 1.57 bits per heavy atom. The maximum Gasteiger partial charge on any atom is 0.0306 e. The summed E-state index contributed by atoms with van der Waals surface area (Å²) in [5, 5.41) is 0. The molecule has 3 rings (SSSR count). The van der Waals surface area contributed by atoms with E-state index in [4.69, 9.17) is 5.73 Å². The van der Waals surface area contributed by atoms with Crippen LogP contribution in [0.1, 0.15) is 58.3 Å². The van der Waals surface area contributed by atoms with Crippen molar-refractivity contribution in [2.24, 2.45) is 17.6 Å². The maximum atomic E-state index is 6.18. The molecule has 3 heteroatoms. The summed E-state index contributed by atoms with van der Waals surface area (Å²) in [6.45, 7) is 9.87. The number of hydrogen-bond donors (Lipinski definition) is 1. The van der Waals surface area contributed by atoms with E-state index in [-0.39, 0.29) is 5.54 Å². The average molecular weight is 293 g/mol. The van der Waals surface area contributed by atoms with Gasteiger partial charge in [0.2, 0.25) is 0 Å². The van der Waals surface area contributed by atoms with Crippen LogP contribution in [0.3, 0.4) is 0 Å². The van der Waals surface area contributed by atoms with E-state index >= 15 is 0 Å². The Morgan fingerprint density at radius 3 is 2.10 bits per heavy atom. The van der Waals surface area contributed by atoms with Crippen molar-refractivity contribution in [3.8, 4) is 0 Å². The van der Waals surface area contributed by atoms with Crippen LogP contribution in [0, 0.1) is 11.8 Å². The Hall–Kier alpha value is -0.120. The van der Waals surface area contributed by atoms with E-state index in [0.717, 1.165) is 18.4 Å². The van der Waals surface area contributed by atoms with Gasteiger partial charge in [-0.1, -0.05) is 19.3 Å². The molecule has 2 aliphatic heterocycles. The zero-order chi connectivity index (χ0) is 14.7. The Bertz CT molecular complexity index is 314. The second kappa shape index (κ2) is 6.97. The van der Waals surface area contributed by atoms with E-state index in [1.54, 1.807) is 0 Å². The molecule has 0 aromatic rings. The number of nitrogens with two attached hydrogens (primary N) is 1. The fraction of sp³-hybridized carbons (Fsp3) is 1.00. The first kappa shape index (κ1) is 15.8. The molecule has 0 spiro atoms. The highest BCUT2D eigenvalue weighted by Crippen LogP contribution is 2.37. The van der Waals surface area contributed by atoms with Gasteiger partial charge in [0.15, 0.2) is 0 Å². The van der Waals surface area contributed by atoms with Crippen LogP contribution in [-0.2, 0) is 0 Å². The second-order valence-electron chi connectivity index (χ2n) is 8.14. The predicted octanol–water partition coefficient (Wildman–Crippen LogP) is 2.70. The molecule has 21 heavy (non-hydrogen) atoms. The molecular weight excluding hydrogens is 258 g/mol. The monoisotopic (exact) mass is 293 g/mol. The minimum atomic E-state index is 0.268. The van der Waals surface area contributed by atoms with Gasteiger partial charge in [-0.25, -0.2) is 0 Å². The van der Waals surface area contributed by atoms with Gasteiger partial charge in [-0.05, 0) is 77.0 Å². The fourth-order valence-corrected chi connectivity index (χ4v) is 4.65. The van der Waals surface area contributed by atoms with E-state index in [9.17, 15) is 0 Å². The summed E-state index contributed by atoms with van der Waals surface area (Å²) in [6.07, 6.45) is 11.3. The lowest BCUT2D eigenvalue weighted by atomic mass is 9.75. The summed E-state index contributed by atoms with van der Waals surface area (Å²) in [4.78, 5) is 5.42. The highest BCUT2D eigenvalue weighted by atomic mass is 15.2. The first-order valence-corrected chi connectivity index (χ1v) is 9.37. The van der Waals surface area contributed by atoms with Crippen LogP contribution >= 0.6 is 0 Å². The molecule has 122 valence electrons. The van der Waals surface area contributed by atoms with Crippen LogP contribution in [0.25, 0.3) is 0 Å². The van der Waals surface area contributed by atoms with Crippen LogP contribution < -0.4 is 5.73 Å². The normalized spacial score (nSPS) is 29.4. The van der Waals surface area contributed by atoms with Crippen LogP contribution in [-0.4, -0.2) is 54.6 Å². The van der Waals surface area contributed by atoms with Crippen LogP contribution in [0.15, 0.2) is 0 Å². The van der Waals surface area contributed by atoms with E-state index in [1.807, 2.05) is 0 Å². The van der Waals surface area contributed by atoms with Crippen LogP contribution in [0.2, 0.25) is 0 Å². The van der Waals surface area contributed by atoms with Crippen molar-refractivity contribution in [1.29, 1.82) is 0 Å². The van der Waals surface area contributed by atoms with E-state index in [1.165, 1.54) is 84.1 Å². The molecule has 1 saturated carbocycles. The van der Waals surface area contributed by atoms with Gasteiger partial charge in [-0.2, -0.15) is 0 Å². The third kappa shape index (κ3) is 3.80. The van der Waals surface area contributed by atoms with Crippen molar-refractivity contribution in [3.63, 3.8) is 0 Å². The number of nitrogens with zero attached hydrogens (tertiary/aromatic N) is 2. The van der Waals surface area contributed by atoms with Gasteiger partial charge in [-0.15, -0.1) is 0 Å². The zero-order valence-electron chi connectivity index (χ0n) is 14.0. The minimum absolute atomic E-state index is 0.268. The quantitative estimate of drug-likeness (QED) is 0.817. The Balaban J connectivity index is 1.46. The molecule has 0 aromatic carbocycles. The summed E-state index contributed by atoms with van der Waals surface area (Å²) < 4.78 is 0. The highest BCUT2D eigenvalue weighted by Gasteiger charge is 2.37. The number of piperidine rings is 1. The first-order chi connectivity index (χ1) is 10.2. The van der Waals surface area contributed by atoms with E-state index in [0.29, 0.717) is 0 Å². The zero-order valence-corrected chi connectivity index (χ0v) is 14.0. The van der Waals surface area contributed by atoms with Crippen molar-refractivity contribution in [1.82, 2.24) is 9.80 Å². The number of likely N-dealkylation sites (tertiary alicyclic amines) is 2. The lowest BCUT2D eigenvalue weighted by Crippen LogP contribution is -2.56. The largest absolute Gasteiger partial charge is 0.329 e. The van der Waals surface area contributed by atoms with Crippen molar-refractivity contribution in [2.75, 3.05) is 39.3 Å². The topological polar surface area (TPSA) is 32.5 Å². The first-order valence-electron chi connectivity index (χ1n) is 9.37. The van der Waals surface area contributed by atoms with Gasteiger partial charge in [-0.3, -0.25) is 4.90 Å². The molecule has 3 fully saturated rings. The molecule has 0 amide bonds. The molecular formula is C18H35N3. The fourth-order valence-electron chi connectivity index (χ4n) is 4.65. The van der Waals surface area contributed by atoms with Gasteiger partial charge in [0.1, 0.15) is 0 Å². The molecule has 1 aliphatic carbocycles. The van der Waals surface area contributed by atoms with Gasteiger partial charge in [0, 0.05) is 18.6 Å². The van der Waals surface area contributed by atoms with Crippen molar-refractivity contribution in [2.45, 2.75) is 63.8 Å². The maximum absolute atomic E-state index is 6.18. The Labute approximate surface area is 131 Å². The number of hydrogen-bond acceptors (Lipinski definition) is 3. The van der Waals surface area contributed by atoms with Crippen molar-refractivity contribution < 1.29 is 0 Å². The summed E-state index contributed by atoms with van der Waals surface area (Å²) >= 11 is 0. The van der Waals surface area contributed by atoms with Gasteiger partial charge < -0.3 is 10.6 Å². The number of rotatable bonds is 6. The second-order valence-corrected chi connectivity index (χ2v) is 8.14. The summed E-state index contributed by atoms with van der Waals surface area (Å²) in [7, 11) is 0. The average Bonchev–Trinajstić information content (AvgIpc) is 2.96. The smallest absolute Gasteiger partial charge is 0.0306 e. The molecule has 2 N–H and O–H groups in total. The third-order valence-electron chi connectivity index (χ3n) is 6.49. The highest BCUT2D eigenvalue weighted by molar-refractivity contribution is 4.93. The Morgan fingerprint density at radius 1 is 0.905 bits per heavy atom. The molecule has 0 bridgehead atoms. The minimum Gasteiger partial charge on any atom is -0.329 e. The lowest BCUT2D eigenvalue weighted by Gasteiger charge is -2.47. The Kier molecular flexibility index (Phi) is 5.23. The third-order valence-corrected chi connectivity index (χ3v) is 6.49. The van der Waals surface area contributed by atoms with Crippen LogP contribution in [0.4, 0.5) is 0 Å². The molecule has 3 aliphatic rings. The van der Waals surface area contributed by atoms with Crippen LogP contribution in [0.5, 0.6) is 0 Å².